The van der Waals surface area contributed by atoms with Crippen molar-refractivity contribution in [1.82, 2.24) is 30.4 Å². The molecular weight excluding hydrogens is 366 g/mol. The smallest absolute Gasteiger partial charge is 0.191 e. The van der Waals surface area contributed by atoms with Gasteiger partial charge in [-0.2, -0.15) is 0 Å². The molecule has 0 aliphatic rings. The summed E-state index contributed by atoms with van der Waals surface area (Å²) in [7, 11) is 3.67. The van der Waals surface area contributed by atoms with E-state index in [-0.39, 0.29) is 0 Å². The van der Waals surface area contributed by atoms with E-state index < -0.39 is 0 Å². The van der Waals surface area contributed by atoms with Crippen LogP contribution in [0, 0.1) is 13.8 Å². The van der Waals surface area contributed by atoms with Gasteiger partial charge < -0.3 is 24.9 Å². The van der Waals surface area contributed by atoms with Crippen LogP contribution < -0.4 is 10.6 Å². The van der Waals surface area contributed by atoms with Crippen LogP contribution in [0.5, 0.6) is 0 Å². The lowest BCUT2D eigenvalue weighted by atomic mass is 10.1. The monoisotopic (exact) mass is 397 g/mol. The molecule has 0 fully saturated rings. The average molecular weight is 398 g/mol. The third kappa shape index (κ3) is 5.35. The Kier molecular flexibility index (Phi) is 7.24. The minimum absolute atomic E-state index is 0.475. The van der Waals surface area contributed by atoms with Gasteiger partial charge in [-0.15, -0.1) is 10.2 Å². The Morgan fingerprint density at radius 1 is 1.21 bits per heavy atom. The number of nitrogens with zero attached hydrogens (tertiary/aromatic N) is 4. The van der Waals surface area contributed by atoms with E-state index in [1.54, 1.807) is 7.11 Å². The lowest BCUT2D eigenvalue weighted by molar-refractivity contribution is 0.195. The minimum atomic E-state index is 0.475. The minimum Gasteiger partial charge on any atom is -0.385 e. The van der Waals surface area contributed by atoms with Gasteiger partial charge in [0.2, 0.25) is 0 Å². The molecule has 0 saturated heterocycles. The number of aliphatic imine (C=N–C) groups is 1. The number of aryl methyl sites for hydroxylation is 2. The highest BCUT2D eigenvalue weighted by Crippen LogP contribution is 2.21. The van der Waals surface area contributed by atoms with Gasteiger partial charge in [-0.25, -0.2) is 4.99 Å². The predicted molar refractivity (Wildman–Crippen MR) is 116 cm³/mol. The van der Waals surface area contributed by atoms with Crippen LogP contribution in [0.2, 0.25) is 0 Å². The zero-order valence-corrected chi connectivity index (χ0v) is 17.7. The Bertz CT molecular complexity index is 957. The Balaban J connectivity index is 1.61. The van der Waals surface area contributed by atoms with Crippen LogP contribution in [0.25, 0.3) is 10.9 Å². The third-order valence-electron chi connectivity index (χ3n) is 5.08. The molecule has 0 aliphatic carbocycles. The molecule has 8 heteroatoms. The van der Waals surface area contributed by atoms with Crippen molar-refractivity contribution < 1.29 is 4.74 Å². The number of rotatable bonds is 9. The van der Waals surface area contributed by atoms with Crippen molar-refractivity contribution in [3.05, 3.63) is 47.2 Å². The van der Waals surface area contributed by atoms with Gasteiger partial charge in [0.15, 0.2) is 11.8 Å². The van der Waals surface area contributed by atoms with Crippen molar-refractivity contribution in [3.8, 4) is 0 Å². The molecule has 3 rings (SSSR count). The number of H-pyrrole nitrogens is 1. The Morgan fingerprint density at radius 3 is 2.79 bits per heavy atom. The SMILES string of the molecule is COCCCNC(=NCc1nnc(C)n1C)NCCc1c[nH]c2c(C)cccc12. The molecule has 2 heterocycles. The molecule has 0 unspecified atom stereocenters. The first-order valence-corrected chi connectivity index (χ1v) is 10.0. The van der Waals surface area contributed by atoms with Gasteiger partial charge in [0.1, 0.15) is 12.4 Å². The summed E-state index contributed by atoms with van der Waals surface area (Å²) in [6.07, 6.45) is 3.93. The number of nitrogens with one attached hydrogen (secondary N) is 3. The number of benzene rings is 1. The van der Waals surface area contributed by atoms with E-state index in [9.17, 15) is 0 Å². The molecule has 2 aromatic heterocycles. The van der Waals surface area contributed by atoms with E-state index in [0.29, 0.717) is 6.54 Å². The molecule has 0 bridgehead atoms. The first-order chi connectivity index (χ1) is 14.1. The summed E-state index contributed by atoms with van der Waals surface area (Å²) in [4.78, 5) is 8.08. The fourth-order valence-corrected chi connectivity index (χ4v) is 3.22. The Labute approximate surface area is 171 Å². The van der Waals surface area contributed by atoms with Crippen LogP contribution in [0.3, 0.4) is 0 Å². The number of hydrogen-bond acceptors (Lipinski definition) is 4. The zero-order chi connectivity index (χ0) is 20.6. The van der Waals surface area contributed by atoms with E-state index in [4.69, 9.17) is 4.74 Å². The summed E-state index contributed by atoms with van der Waals surface area (Å²) in [6, 6.07) is 6.40. The molecule has 3 aromatic rings. The highest BCUT2D eigenvalue weighted by Gasteiger charge is 2.07. The fourth-order valence-electron chi connectivity index (χ4n) is 3.22. The van der Waals surface area contributed by atoms with Crippen molar-refractivity contribution in [1.29, 1.82) is 0 Å². The van der Waals surface area contributed by atoms with Crippen molar-refractivity contribution in [2.24, 2.45) is 12.0 Å². The number of aromatic amines is 1. The van der Waals surface area contributed by atoms with Gasteiger partial charge in [0, 0.05) is 51.0 Å². The maximum atomic E-state index is 5.13. The first-order valence-electron chi connectivity index (χ1n) is 10.0. The maximum absolute atomic E-state index is 5.13. The molecule has 0 aliphatic heterocycles. The summed E-state index contributed by atoms with van der Waals surface area (Å²) in [6.45, 7) is 6.84. The van der Waals surface area contributed by atoms with Crippen LogP contribution in [0.15, 0.2) is 29.4 Å². The molecule has 3 N–H and O–H groups in total. The third-order valence-corrected chi connectivity index (χ3v) is 5.08. The number of guanidine groups is 1. The van der Waals surface area contributed by atoms with Crippen molar-refractivity contribution in [3.63, 3.8) is 0 Å². The number of hydrogen-bond donors (Lipinski definition) is 3. The quantitative estimate of drug-likeness (QED) is 0.293. The molecule has 1 aromatic carbocycles. The molecule has 0 saturated carbocycles. The Hall–Kier alpha value is -2.87. The predicted octanol–water partition coefficient (Wildman–Crippen LogP) is 2.23. The van der Waals surface area contributed by atoms with Crippen LogP contribution in [-0.4, -0.2) is 52.5 Å². The molecule has 0 amide bonds. The molecule has 0 radical (unpaired) electrons. The van der Waals surface area contributed by atoms with Gasteiger partial charge in [-0.3, -0.25) is 0 Å². The largest absolute Gasteiger partial charge is 0.385 e. The van der Waals surface area contributed by atoms with Crippen LogP contribution >= 0.6 is 0 Å². The zero-order valence-electron chi connectivity index (χ0n) is 17.7. The average Bonchev–Trinajstić information content (AvgIpc) is 3.27. The lowest BCUT2D eigenvalue weighted by Gasteiger charge is -2.12. The van der Waals surface area contributed by atoms with E-state index in [0.717, 1.165) is 50.1 Å². The number of methoxy groups -OCH3 is 1. The van der Waals surface area contributed by atoms with Crippen molar-refractivity contribution in [2.45, 2.75) is 33.2 Å². The summed E-state index contributed by atoms with van der Waals surface area (Å²) < 4.78 is 7.09. The van der Waals surface area contributed by atoms with Crippen molar-refractivity contribution in [2.75, 3.05) is 26.8 Å². The summed E-state index contributed by atoms with van der Waals surface area (Å²) in [5, 5.41) is 16.4. The molecule has 0 spiro atoms. The van der Waals surface area contributed by atoms with Crippen LogP contribution in [0.4, 0.5) is 0 Å². The van der Waals surface area contributed by atoms with E-state index in [1.807, 2.05) is 18.5 Å². The second-order valence-electron chi connectivity index (χ2n) is 7.15. The van der Waals surface area contributed by atoms with Gasteiger partial charge in [-0.1, -0.05) is 18.2 Å². The summed E-state index contributed by atoms with van der Waals surface area (Å²) >= 11 is 0. The standard InChI is InChI=1S/C21H31N7O/c1-15-7-5-8-18-17(13-24-20(15)18)9-11-23-21(22-10-6-12-29-4)25-14-19-27-26-16(2)28(19)3/h5,7-8,13,24H,6,9-12,14H2,1-4H3,(H2,22,23,25). The maximum Gasteiger partial charge on any atom is 0.191 e. The second kappa shape index (κ2) is 10.1. The number of ether oxygens (including phenoxy) is 1. The first kappa shape index (κ1) is 20.9. The van der Waals surface area contributed by atoms with Gasteiger partial charge >= 0.3 is 0 Å². The van der Waals surface area contributed by atoms with Crippen molar-refractivity contribution >= 4 is 16.9 Å². The molecule has 0 atom stereocenters. The Morgan fingerprint density at radius 2 is 2.03 bits per heavy atom. The topological polar surface area (TPSA) is 92.2 Å². The molecule has 156 valence electrons. The number of aromatic nitrogens is 4. The highest BCUT2D eigenvalue weighted by atomic mass is 16.5. The van der Waals surface area contributed by atoms with E-state index in [2.05, 4.69) is 62.1 Å². The lowest BCUT2D eigenvalue weighted by Crippen LogP contribution is -2.39. The molecule has 8 nitrogen and oxygen atoms in total. The normalized spacial score (nSPS) is 11.9. The van der Waals surface area contributed by atoms with Gasteiger partial charge in [0.05, 0.1) is 0 Å². The van der Waals surface area contributed by atoms with E-state index >= 15 is 0 Å². The van der Waals surface area contributed by atoms with E-state index in [1.165, 1.54) is 22.0 Å². The summed E-state index contributed by atoms with van der Waals surface area (Å²) in [5.41, 5.74) is 3.79. The number of para-hydroxylation sites is 1. The molecule has 29 heavy (non-hydrogen) atoms. The molecular formula is C21H31N7O. The van der Waals surface area contributed by atoms with Gasteiger partial charge in [-0.05, 0) is 37.8 Å². The van der Waals surface area contributed by atoms with Crippen LogP contribution in [0.1, 0.15) is 29.2 Å². The summed E-state index contributed by atoms with van der Waals surface area (Å²) in [5.74, 6) is 2.50. The number of fused-ring (bicyclic) bond motifs is 1. The highest BCUT2D eigenvalue weighted by molar-refractivity contribution is 5.86. The van der Waals surface area contributed by atoms with Crippen LogP contribution in [-0.2, 0) is 24.8 Å². The van der Waals surface area contributed by atoms with Gasteiger partial charge in [0.25, 0.3) is 0 Å². The fraction of sp³-hybridized carbons (Fsp3) is 0.476. The second-order valence-corrected chi connectivity index (χ2v) is 7.15.